The van der Waals surface area contributed by atoms with Crippen LogP contribution in [0.4, 0.5) is 0 Å². The van der Waals surface area contributed by atoms with Gasteiger partial charge < -0.3 is 4.90 Å². The molecular weight excluding hydrogens is 378 g/mol. The molecule has 7 heteroatoms. The maximum absolute atomic E-state index is 13.0. The van der Waals surface area contributed by atoms with E-state index in [1.165, 1.54) is 17.1 Å². The molecule has 1 aliphatic carbocycles. The summed E-state index contributed by atoms with van der Waals surface area (Å²) in [5.74, 6) is 0.673. The number of hydrogen-bond acceptors (Lipinski definition) is 4. The maximum Gasteiger partial charge on any atom is 0.264 e. The lowest BCUT2D eigenvalue weighted by Gasteiger charge is -2.33. The molecule has 158 valence electrons. The van der Waals surface area contributed by atoms with Crippen LogP contribution in [0.3, 0.4) is 0 Å². The molecule has 7 nitrogen and oxygen atoms in total. The normalized spacial score (nSPS) is 19.2. The summed E-state index contributed by atoms with van der Waals surface area (Å²) in [4.78, 5) is 32.1. The van der Waals surface area contributed by atoms with Crippen LogP contribution in [0.15, 0.2) is 35.5 Å². The zero-order valence-electron chi connectivity index (χ0n) is 18.1. The molecule has 0 aliphatic heterocycles. The van der Waals surface area contributed by atoms with Gasteiger partial charge in [0.2, 0.25) is 5.91 Å². The molecule has 0 N–H and O–H groups in total. The number of carbonyl (C=O) groups excluding carboxylic acids is 1. The Balaban J connectivity index is 1.58. The fourth-order valence-electron chi connectivity index (χ4n) is 4.41. The van der Waals surface area contributed by atoms with Crippen molar-refractivity contribution < 1.29 is 4.79 Å². The third-order valence-corrected chi connectivity index (χ3v) is 6.24. The molecule has 2 aromatic heterocycles. The Morgan fingerprint density at radius 1 is 1.13 bits per heavy atom. The molecule has 1 aromatic carbocycles. The van der Waals surface area contributed by atoms with Gasteiger partial charge in [0.1, 0.15) is 18.3 Å². The van der Waals surface area contributed by atoms with E-state index in [2.05, 4.69) is 23.1 Å². The van der Waals surface area contributed by atoms with E-state index in [9.17, 15) is 9.59 Å². The van der Waals surface area contributed by atoms with Crippen molar-refractivity contribution in [3.05, 3.63) is 52.2 Å². The predicted octanol–water partition coefficient (Wildman–Crippen LogP) is 3.24. The second kappa shape index (κ2) is 8.05. The second-order valence-electron chi connectivity index (χ2n) is 8.74. The Labute approximate surface area is 176 Å². The predicted molar refractivity (Wildman–Crippen MR) is 117 cm³/mol. The van der Waals surface area contributed by atoms with Crippen molar-refractivity contribution in [2.45, 2.75) is 59.0 Å². The van der Waals surface area contributed by atoms with Crippen molar-refractivity contribution in [1.82, 2.24) is 24.2 Å². The van der Waals surface area contributed by atoms with Gasteiger partial charge in [0.25, 0.3) is 5.56 Å². The Morgan fingerprint density at radius 3 is 2.47 bits per heavy atom. The van der Waals surface area contributed by atoms with E-state index in [-0.39, 0.29) is 24.1 Å². The van der Waals surface area contributed by atoms with E-state index in [4.69, 9.17) is 0 Å². The summed E-state index contributed by atoms with van der Waals surface area (Å²) in [5, 5.41) is 4.81. The molecule has 0 saturated heterocycles. The first kappa shape index (κ1) is 20.3. The molecule has 1 aliphatic rings. The summed E-state index contributed by atoms with van der Waals surface area (Å²) < 4.78 is 3.07. The van der Waals surface area contributed by atoms with E-state index < -0.39 is 0 Å². The van der Waals surface area contributed by atoms with Crippen LogP contribution in [0.1, 0.15) is 43.7 Å². The molecule has 0 radical (unpaired) electrons. The van der Waals surface area contributed by atoms with Crippen LogP contribution in [0.2, 0.25) is 0 Å². The van der Waals surface area contributed by atoms with E-state index in [0.717, 1.165) is 48.4 Å². The van der Waals surface area contributed by atoms with Crippen LogP contribution in [0, 0.1) is 19.8 Å². The number of amides is 1. The number of rotatable bonds is 4. The number of fused-ring (bicyclic) bond motifs is 1. The highest BCUT2D eigenvalue weighted by Crippen LogP contribution is 2.26. The van der Waals surface area contributed by atoms with Crippen LogP contribution >= 0.6 is 0 Å². The van der Waals surface area contributed by atoms with Crippen LogP contribution in [0.5, 0.6) is 0 Å². The van der Waals surface area contributed by atoms with E-state index in [1.807, 2.05) is 37.9 Å². The van der Waals surface area contributed by atoms with E-state index in [0.29, 0.717) is 11.0 Å². The van der Waals surface area contributed by atoms with Crippen molar-refractivity contribution in [2.24, 2.45) is 5.92 Å². The van der Waals surface area contributed by atoms with Gasteiger partial charge in [0.05, 0.1) is 11.9 Å². The van der Waals surface area contributed by atoms with Gasteiger partial charge in [-0.05, 0) is 68.7 Å². The van der Waals surface area contributed by atoms with Crippen molar-refractivity contribution in [3.8, 4) is 5.69 Å². The number of likely N-dealkylation sites (N-methyl/N-ethyl adjacent to an activating group) is 1. The zero-order valence-corrected chi connectivity index (χ0v) is 18.1. The Bertz CT molecular complexity index is 1120. The maximum atomic E-state index is 13.0. The van der Waals surface area contributed by atoms with Crippen molar-refractivity contribution in [2.75, 3.05) is 7.05 Å². The first-order valence-corrected chi connectivity index (χ1v) is 10.6. The lowest BCUT2D eigenvalue weighted by molar-refractivity contribution is -0.133. The minimum absolute atomic E-state index is 0.000932. The minimum Gasteiger partial charge on any atom is -0.341 e. The molecule has 30 heavy (non-hydrogen) atoms. The SMILES string of the molecule is Cc1cc(C)cc(-n2ncc3c(=O)n(CC(=O)N(C)C4CCC(C)CC4)cnc32)c1. The summed E-state index contributed by atoms with van der Waals surface area (Å²) in [6, 6.07) is 6.37. The Morgan fingerprint density at radius 2 is 1.80 bits per heavy atom. The summed E-state index contributed by atoms with van der Waals surface area (Å²) in [6.07, 6.45) is 7.34. The van der Waals surface area contributed by atoms with Gasteiger partial charge in [-0.25, -0.2) is 9.67 Å². The summed E-state index contributed by atoms with van der Waals surface area (Å²) in [6.45, 7) is 6.31. The molecule has 3 aromatic rings. The van der Waals surface area contributed by atoms with E-state index in [1.54, 1.807) is 4.68 Å². The van der Waals surface area contributed by atoms with Gasteiger partial charge in [0, 0.05) is 13.1 Å². The summed E-state index contributed by atoms with van der Waals surface area (Å²) in [5.41, 5.74) is 3.37. The summed E-state index contributed by atoms with van der Waals surface area (Å²) in [7, 11) is 1.85. The van der Waals surface area contributed by atoms with E-state index >= 15 is 0 Å². The smallest absolute Gasteiger partial charge is 0.264 e. The highest BCUT2D eigenvalue weighted by atomic mass is 16.2. The minimum atomic E-state index is -0.241. The summed E-state index contributed by atoms with van der Waals surface area (Å²) >= 11 is 0. The largest absolute Gasteiger partial charge is 0.341 e. The molecule has 1 amide bonds. The number of hydrogen-bond donors (Lipinski definition) is 0. The second-order valence-corrected chi connectivity index (χ2v) is 8.74. The van der Waals surface area contributed by atoms with Crippen LogP contribution in [0.25, 0.3) is 16.7 Å². The Hall–Kier alpha value is -2.96. The molecule has 1 saturated carbocycles. The van der Waals surface area contributed by atoms with Crippen LogP contribution in [-0.2, 0) is 11.3 Å². The van der Waals surface area contributed by atoms with Gasteiger partial charge in [-0.15, -0.1) is 0 Å². The van der Waals surface area contributed by atoms with Crippen molar-refractivity contribution >= 4 is 16.9 Å². The first-order chi connectivity index (χ1) is 14.3. The van der Waals surface area contributed by atoms with Gasteiger partial charge in [-0.1, -0.05) is 13.0 Å². The van der Waals surface area contributed by atoms with Gasteiger partial charge in [-0.2, -0.15) is 5.10 Å². The Kier molecular flexibility index (Phi) is 5.45. The molecule has 0 atom stereocenters. The number of benzene rings is 1. The van der Waals surface area contributed by atoms with Crippen molar-refractivity contribution in [3.63, 3.8) is 0 Å². The number of carbonyl (C=O) groups is 1. The number of aromatic nitrogens is 4. The lowest BCUT2D eigenvalue weighted by atomic mass is 9.87. The number of aryl methyl sites for hydroxylation is 2. The van der Waals surface area contributed by atoms with Gasteiger partial charge in [-0.3, -0.25) is 14.2 Å². The zero-order chi connectivity index (χ0) is 21.4. The third kappa shape index (κ3) is 3.88. The average molecular weight is 408 g/mol. The quantitative estimate of drug-likeness (QED) is 0.666. The molecule has 0 unspecified atom stereocenters. The van der Waals surface area contributed by atoms with Gasteiger partial charge >= 0.3 is 0 Å². The van der Waals surface area contributed by atoms with Crippen LogP contribution in [-0.4, -0.2) is 43.2 Å². The number of nitrogens with zero attached hydrogens (tertiary/aromatic N) is 5. The molecule has 0 spiro atoms. The van der Waals surface area contributed by atoms with Gasteiger partial charge in [0.15, 0.2) is 5.65 Å². The highest BCUT2D eigenvalue weighted by molar-refractivity contribution is 5.78. The monoisotopic (exact) mass is 407 g/mol. The molecule has 1 fully saturated rings. The standard InChI is InChI=1S/C23H29N5O2/c1-15-5-7-18(8-6-15)26(4)21(29)13-27-14-24-22-20(23(27)30)12-25-28(22)19-10-16(2)9-17(3)11-19/h9-12,14-15,18H,5-8,13H2,1-4H3. The third-order valence-electron chi connectivity index (χ3n) is 6.24. The van der Waals surface area contributed by atoms with Crippen LogP contribution < -0.4 is 5.56 Å². The van der Waals surface area contributed by atoms with Crippen molar-refractivity contribution in [1.29, 1.82) is 0 Å². The first-order valence-electron chi connectivity index (χ1n) is 10.6. The fourth-order valence-corrected chi connectivity index (χ4v) is 4.41. The topological polar surface area (TPSA) is 73.0 Å². The molecule has 2 heterocycles. The highest BCUT2D eigenvalue weighted by Gasteiger charge is 2.25. The molecular formula is C23H29N5O2. The fraction of sp³-hybridized carbons (Fsp3) is 0.478. The molecule has 0 bridgehead atoms. The average Bonchev–Trinajstić information content (AvgIpc) is 3.14. The lowest BCUT2D eigenvalue weighted by Crippen LogP contribution is -2.42. The molecule has 4 rings (SSSR count).